The Morgan fingerprint density at radius 2 is 1.90 bits per heavy atom. The third-order valence-electron chi connectivity index (χ3n) is 4.60. The summed E-state index contributed by atoms with van der Waals surface area (Å²) in [6.07, 6.45) is 2.38. The van der Waals surface area contributed by atoms with Crippen LogP contribution in [0.25, 0.3) is 10.2 Å². The van der Waals surface area contributed by atoms with Gasteiger partial charge in [0.2, 0.25) is 0 Å². The molecule has 0 spiro atoms. The minimum atomic E-state index is -0.335. The molecule has 154 valence electrons. The van der Waals surface area contributed by atoms with Gasteiger partial charge in [0.25, 0.3) is 0 Å². The quantitative estimate of drug-likeness (QED) is 0.332. The van der Waals surface area contributed by atoms with Crippen LogP contribution in [0.15, 0.2) is 66.2 Å². The monoisotopic (exact) mass is 447 g/mol. The predicted octanol–water partition coefficient (Wildman–Crippen LogP) is 6.12. The third-order valence-corrected chi connectivity index (χ3v) is 5.76. The number of carbonyl (C=O) groups is 1. The van der Waals surface area contributed by atoms with Crippen molar-refractivity contribution in [2.24, 2.45) is 0 Å². The van der Waals surface area contributed by atoms with Gasteiger partial charge >= 0.3 is 6.03 Å². The number of thiophene rings is 1. The third kappa shape index (κ3) is 5.12. The van der Waals surface area contributed by atoms with Crippen LogP contribution in [0.4, 0.5) is 21.9 Å². The molecule has 2 aromatic heterocycles. The summed E-state index contributed by atoms with van der Waals surface area (Å²) >= 11 is 7.50. The highest BCUT2D eigenvalue weighted by atomic mass is 35.5. The van der Waals surface area contributed by atoms with Gasteiger partial charge in [-0.15, -0.1) is 11.3 Å². The standard InChI is InChI=1S/C23H18ClN5OS/c24-17-2-1-3-19(12-17)29-23(30)28-18-6-4-15(5-7-18)8-10-26-21-16(13-25)14-27-20-9-11-31-22(20)21/h1-7,9,11-12,14H,8,10H2,(H,26,27)(H2,28,29,30). The van der Waals surface area contributed by atoms with Crippen LogP contribution in [-0.4, -0.2) is 17.6 Å². The fourth-order valence-corrected chi connectivity index (χ4v) is 4.18. The lowest BCUT2D eigenvalue weighted by atomic mass is 10.1. The van der Waals surface area contributed by atoms with Gasteiger partial charge in [-0.3, -0.25) is 4.98 Å². The molecule has 0 aliphatic carbocycles. The van der Waals surface area contributed by atoms with Crippen molar-refractivity contribution < 1.29 is 4.79 Å². The van der Waals surface area contributed by atoms with Crippen molar-refractivity contribution >= 4 is 56.2 Å². The maximum Gasteiger partial charge on any atom is 0.323 e. The summed E-state index contributed by atoms with van der Waals surface area (Å²) in [5.74, 6) is 0. The van der Waals surface area contributed by atoms with Crippen molar-refractivity contribution in [1.29, 1.82) is 5.26 Å². The van der Waals surface area contributed by atoms with Gasteiger partial charge < -0.3 is 16.0 Å². The fourth-order valence-electron chi connectivity index (χ4n) is 3.12. The summed E-state index contributed by atoms with van der Waals surface area (Å²) < 4.78 is 0.990. The number of urea groups is 1. The number of benzene rings is 2. The van der Waals surface area contributed by atoms with Crippen molar-refractivity contribution in [2.45, 2.75) is 6.42 Å². The van der Waals surface area contributed by atoms with Crippen LogP contribution in [0.3, 0.4) is 0 Å². The second-order valence-corrected chi connectivity index (χ2v) is 8.11. The SMILES string of the molecule is N#Cc1cnc2ccsc2c1NCCc1ccc(NC(=O)Nc2cccc(Cl)c2)cc1. The van der Waals surface area contributed by atoms with Crippen molar-refractivity contribution in [3.63, 3.8) is 0 Å². The van der Waals surface area contributed by atoms with Gasteiger partial charge in [0, 0.05) is 29.1 Å². The number of anilines is 3. The molecule has 31 heavy (non-hydrogen) atoms. The molecule has 0 aliphatic rings. The van der Waals surface area contributed by atoms with E-state index in [1.54, 1.807) is 41.8 Å². The van der Waals surface area contributed by atoms with E-state index in [0.717, 1.165) is 27.9 Å². The van der Waals surface area contributed by atoms with E-state index in [2.05, 4.69) is 27.0 Å². The van der Waals surface area contributed by atoms with Crippen molar-refractivity contribution in [3.8, 4) is 6.07 Å². The summed E-state index contributed by atoms with van der Waals surface area (Å²) in [7, 11) is 0. The second-order valence-electron chi connectivity index (χ2n) is 6.76. The number of amides is 2. The van der Waals surface area contributed by atoms with Gasteiger partial charge in [0.05, 0.1) is 21.5 Å². The van der Waals surface area contributed by atoms with Gasteiger partial charge in [-0.05, 0) is 53.8 Å². The number of pyridine rings is 1. The van der Waals surface area contributed by atoms with Crippen LogP contribution in [0.1, 0.15) is 11.1 Å². The minimum absolute atomic E-state index is 0.335. The molecule has 2 aromatic carbocycles. The Morgan fingerprint density at radius 1 is 1.10 bits per heavy atom. The number of hydrogen-bond donors (Lipinski definition) is 3. The first-order chi connectivity index (χ1) is 15.1. The number of hydrogen-bond acceptors (Lipinski definition) is 5. The highest BCUT2D eigenvalue weighted by Gasteiger charge is 2.09. The van der Waals surface area contributed by atoms with Crippen LogP contribution >= 0.6 is 22.9 Å². The van der Waals surface area contributed by atoms with Crippen molar-refractivity contribution in [2.75, 3.05) is 22.5 Å². The van der Waals surface area contributed by atoms with Crippen molar-refractivity contribution in [3.05, 3.63) is 82.3 Å². The molecule has 4 aromatic rings. The van der Waals surface area contributed by atoms with Gasteiger partial charge in [0.15, 0.2) is 0 Å². The van der Waals surface area contributed by atoms with Gasteiger partial charge in [-0.1, -0.05) is 29.8 Å². The van der Waals surface area contributed by atoms with E-state index in [1.807, 2.05) is 35.7 Å². The lowest BCUT2D eigenvalue weighted by Gasteiger charge is -2.10. The Hall–Kier alpha value is -3.60. The number of nitrogens with zero attached hydrogens (tertiary/aromatic N) is 2. The van der Waals surface area contributed by atoms with Crippen LogP contribution in [0, 0.1) is 11.3 Å². The van der Waals surface area contributed by atoms with E-state index < -0.39 is 0 Å². The number of fused-ring (bicyclic) bond motifs is 1. The number of carbonyl (C=O) groups excluding carboxylic acids is 1. The number of nitriles is 1. The minimum Gasteiger partial charge on any atom is -0.382 e. The van der Waals surface area contributed by atoms with Gasteiger partial charge in [0.1, 0.15) is 6.07 Å². The zero-order valence-corrected chi connectivity index (χ0v) is 17.9. The molecule has 0 saturated heterocycles. The zero-order valence-electron chi connectivity index (χ0n) is 16.4. The normalized spacial score (nSPS) is 10.5. The number of rotatable bonds is 6. The summed E-state index contributed by atoms with van der Waals surface area (Å²) in [6, 6.07) is 18.4. The molecule has 0 radical (unpaired) electrons. The van der Waals surface area contributed by atoms with Gasteiger partial charge in [-0.25, -0.2) is 4.79 Å². The lowest BCUT2D eigenvalue weighted by Crippen LogP contribution is -2.19. The Bertz CT molecular complexity index is 1260. The molecule has 0 bridgehead atoms. The first-order valence-corrected chi connectivity index (χ1v) is 10.8. The summed E-state index contributed by atoms with van der Waals surface area (Å²) in [5, 5.41) is 20.8. The van der Waals surface area contributed by atoms with E-state index in [4.69, 9.17) is 11.6 Å². The summed E-state index contributed by atoms with van der Waals surface area (Å²) in [6.45, 7) is 0.674. The average molecular weight is 448 g/mol. The maximum atomic E-state index is 12.1. The molecule has 0 saturated carbocycles. The maximum absolute atomic E-state index is 12.1. The second kappa shape index (κ2) is 9.47. The molecule has 0 unspecified atom stereocenters. The molecule has 0 fully saturated rings. The first-order valence-electron chi connectivity index (χ1n) is 9.55. The molecule has 2 amide bonds. The summed E-state index contributed by atoms with van der Waals surface area (Å²) in [5.41, 5.74) is 4.69. The smallest absolute Gasteiger partial charge is 0.323 e. The molecule has 2 heterocycles. The van der Waals surface area contributed by atoms with E-state index >= 15 is 0 Å². The highest BCUT2D eigenvalue weighted by molar-refractivity contribution is 7.17. The number of halogens is 1. The number of aromatic nitrogens is 1. The van der Waals surface area contributed by atoms with E-state index in [9.17, 15) is 10.1 Å². The van der Waals surface area contributed by atoms with Crippen LogP contribution in [-0.2, 0) is 6.42 Å². The van der Waals surface area contributed by atoms with Crippen molar-refractivity contribution in [1.82, 2.24) is 4.98 Å². The Labute approximate surface area is 188 Å². The average Bonchev–Trinajstić information content (AvgIpc) is 3.24. The zero-order chi connectivity index (χ0) is 21.6. The predicted molar refractivity (Wildman–Crippen MR) is 127 cm³/mol. The van der Waals surface area contributed by atoms with Crippen LogP contribution < -0.4 is 16.0 Å². The Kier molecular flexibility index (Phi) is 6.32. The van der Waals surface area contributed by atoms with Gasteiger partial charge in [-0.2, -0.15) is 5.26 Å². The molecular weight excluding hydrogens is 430 g/mol. The Balaban J connectivity index is 1.33. The topological polar surface area (TPSA) is 89.8 Å². The first kappa shape index (κ1) is 20.7. The largest absolute Gasteiger partial charge is 0.382 e. The molecule has 8 heteroatoms. The Morgan fingerprint density at radius 3 is 2.68 bits per heavy atom. The van der Waals surface area contributed by atoms with Crippen LogP contribution in [0.2, 0.25) is 5.02 Å². The number of nitrogens with one attached hydrogen (secondary N) is 3. The molecule has 4 rings (SSSR count). The fraction of sp³-hybridized carbons (Fsp3) is 0.0870. The molecule has 3 N–H and O–H groups in total. The molecule has 0 atom stereocenters. The molecule has 6 nitrogen and oxygen atoms in total. The summed E-state index contributed by atoms with van der Waals surface area (Å²) in [4.78, 5) is 16.5. The highest BCUT2D eigenvalue weighted by Crippen LogP contribution is 2.30. The van der Waals surface area contributed by atoms with E-state index in [0.29, 0.717) is 28.5 Å². The van der Waals surface area contributed by atoms with Crippen LogP contribution in [0.5, 0.6) is 0 Å². The molecular formula is C23H18ClN5OS. The lowest BCUT2D eigenvalue weighted by molar-refractivity contribution is 0.262. The van der Waals surface area contributed by atoms with E-state index in [1.165, 1.54) is 0 Å². The van der Waals surface area contributed by atoms with E-state index in [-0.39, 0.29) is 6.03 Å². The molecule has 0 aliphatic heterocycles.